The highest BCUT2D eigenvalue weighted by Crippen LogP contribution is 2.31. The van der Waals surface area contributed by atoms with Gasteiger partial charge in [-0.15, -0.1) is 0 Å². The van der Waals surface area contributed by atoms with E-state index in [-0.39, 0.29) is 11.9 Å². The molecule has 4 rings (SSSR count). The van der Waals surface area contributed by atoms with Crippen LogP contribution in [0, 0.1) is 12.7 Å². The third-order valence-corrected chi connectivity index (χ3v) is 4.27. The van der Waals surface area contributed by atoms with Gasteiger partial charge in [-0.3, -0.25) is 4.79 Å². The van der Waals surface area contributed by atoms with Gasteiger partial charge in [-0.05, 0) is 41.8 Å². The maximum Gasteiger partial charge on any atom is 0.212 e. The summed E-state index contributed by atoms with van der Waals surface area (Å²) in [4.78, 5) is 18.9. The van der Waals surface area contributed by atoms with Crippen LogP contribution in [-0.2, 0) is 9.53 Å². The highest BCUT2D eigenvalue weighted by Gasteiger charge is 2.23. The van der Waals surface area contributed by atoms with E-state index >= 15 is 0 Å². The first-order chi connectivity index (χ1) is 11.7. The second-order valence-electron chi connectivity index (χ2n) is 5.82. The van der Waals surface area contributed by atoms with Crippen LogP contribution in [0.1, 0.15) is 11.6 Å². The van der Waals surface area contributed by atoms with Crippen LogP contribution >= 0.6 is 0 Å². The van der Waals surface area contributed by atoms with Crippen LogP contribution < -0.4 is 5.32 Å². The molecule has 0 saturated carbocycles. The number of nitrogens with zero attached hydrogens (tertiary/aromatic N) is 3. The van der Waals surface area contributed by atoms with Gasteiger partial charge < -0.3 is 14.6 Å². The number of nitrogens with one attached hydrogen (secondary N) is 1. The molecule has 1 saturated heterocycles. The normalized spacial score (nSPS) is 14.6. The number of amides is 1. The number of rotatable bonds is 4. The Morgan fingerprint density at radius 1 is 1.33 bits per heavy atom. The van der Waals surface area contributed by atoms with E-state index in [1.54, 1.807) is 18.6 Å². The number of hydrogen-bond donors (Lipinski definition) is 1. The summed E-state index contributed by atoms with van der Waals surface area (Å²) < 4.78 is 21.7. The quantitative estimate of drug-likeness (QED) is 0.749. The van der Waals surface area contributed by atoms with Gasteiger partial charge in [0.1, 0.15) is 11.3 Å². The fourth-order valence-electron chi connectivity index (χ4n) is 2.90. The van der Waals surface area contributed by atoms with Crippen LogP contribution in [-0.4, -0.2) is 34.2 Å². The lowest BCUT2D eigenvalue weighted by atomic mass is 10.0. The number of anilines is 1. The molecule has 24 heavy (non-hydrogen) atoms. The number of fused-ring (bicyclic) bond motifs is 1. The highest BCUT2D eigenvalue weighted by molar-refractivity contribution is 5.84. The first-order valence-corrected chi connectivity index (χ1v) is 7.58. The number of aryl methyl sites for hydroxylation is 1. The Bertz CT molecular complexity index is 934. The Morgan fingerprint density at radius 2 is 2.17 bits per heavy atom. The number of carbonyl (C=O) groups is 1. The van der Waals surface area contributed by atoms with Crippen LogP contribution in [0.2, 0.25) is 0 Å². The molecule has 3 aromatic rings. The lowest BCUT2D eigenvalue weighted by Gasteiger charge is -2.27. The molecule has 6 nitrogen and oxygen atoms in total. The molecule has 1 aliphatic rings. The Labute approximate surface area is 137 Å². The van der Waals surface area contributed by atoms with Crippen LogP contribution in [0.3, 0.4) is 0 Å². The molecule has 3 heterocycles. The summed E-state index contributed by atoms with van der Waals surface area (Å²) in [6, 6.07) is 5.30. The Morgan fingerprint density at radius 3 is 2.88 bits per heavy atom. The van der Waals surface area contributed by atoms with E-state index in [1.165, 1.54) is 6.07 Å². The van der Waals surface area contributed by atoms with E-state index in [2.05, 4.69) is 15.3 Å². The molecular weight excluding hydrogens is 311 g/mol. The molecule has 1 amide bonds. The molecule has 0 bridgehead atoms. The number of aromatic nitrogens is 3. The minimum absolute atomic E-state index is 0.190. The average molecular weight is 326 g/mol. The zero-order valence-corrected chi connectivity index (χ0v) is 13.0. The first-order valence-electron chi connectivity index (χ1n) is 7.58. The monoisotopic (exact) mass is 326 g/mol. The van der Waals surface area contributed by atoms with Gasteiger partial charge in [-0.1, -0.05) is 0 Å². The van der Waals surface area contributed by atoms with Gasteiger partial charge in [-0.2, -0.15) is 0 Å². The topological polar surface area (TPSA) is 69.0 Å². The number of halogens is 1. The molecule has 0 atom stereocenters. The Balaban J connectivity index is 1.87. The van der Waals surface area contributed by atoms with Gasteiger partial charge in [0.05, 0.1) is 31.1 Å². The summed E-state index contributed by atoms with van der Waals surface area (Å²) in [7, 11) is 0. The number of pyridine rings is 1. The van der Waals surface area contributed by atoms with E-state index < -0.39 is 0 Å². The van der Waals surface area contributed by atoms with Crippen LogP contribution in [0.4, 0.5) is 10.2 Å². The van der Waals surface area contributed by atoms with E-state index in [0.717, 1.165) is 22.2 Å². The van der Waals surface area contributed by atoms with Crippen molar-refractivity contribution in [3.05, 3.63) is 42.1 Å². The molecule has 7 heteroatoms. The zero-order valence-electron chi connectivity index (χ0n) is 13.0. The third kappa shape index (κ3) is 2.33. The summed E-state index contributed by atoms with van der Waals surface area (Å²) in [5.74, 6) is 0.0506. The predicted octanol–water partition coefficient (Wildman–Crippen LogP) is 2.69. The lowest BCUT2D eigenvalue weighted by Crippen LogP contribution is -2.30. The lowest BCUT2D eigenvalue weighted by molar-refractivity contribution is -0.105. The minimum atomic E-state index is -0.373. The number of benzene rings is 1. The number of imidazole rings is 1. The van der Waals surface area contributed by atoms with Crippen molar-refractivity contribution in [2.75, 3.05) is 18.5 Å². The summed E-state index contributed by atoms with van der Waals surface area (Å²) >= 11 is 0. The maximum absolute atomic E-state index is 14.5. The molecule has 0 unspecified atom stereocenters. The van der Waals surface area contributed by atoms with Crippen molar-refractivity contribution < 1.29 is 13.9 Å². The number of ether oxygens (including phenoxy) is 1. The van der Waals surface area contributed by atoms with Crippen LogP contribution in [0.15, 0.2) is 30.7 Å². The zero-order chi connectivity index (χ0) is 16.7. The van der Waals surface area contributed by atoms with Gasteiger partial charge in [0.2, 0.25) is 6.41 Å². The fraction of sp³-hybridized carbons (Fsp3) is 0.235. The van der Waals surface area contributed by atoms with E-state index in [0.29, 0.717) is 31.0 Å². The SMILES string of the molecule is Cc1cnc(NC=O)cc1-c1cc(F)c2ncn(C3COC3)c2c1. The van der Waals surface area contributed by atoms with Crippen molar-refractivity contribution in [2.24, 2.45) is 0 Å². The van der Waals surface area contributed by atoms with E-state index in [9.17, 15) is 9.18 Å². The number of carbonyl (C=O) groups excluding carboxylic acids is 1. The van der Waals surface area contributed by atoms with Gasteiger partial charge in [0, 0.05) is 6.20 Å². The van der Waals surface area contributed by atoms with Gasteiger partial charge in [0.25, 0.3) is 0 Å². The Hall–Kier alpha value is -2.80. The second-order valence-corrected chi connectivity index (χ2v) is 5.82. The van der Waals surface area contributed by atoms with Gasteiger partial charge in [0.15, 0.2) is 5.82 Å². The predicted molar refractivity (Wildman–Crippen MR) is 87.2 cm³/mol. The molecule has 2 aromatic heterocycles. The van der Waals surface area contributed by atoms with E-state index in [1.807, 2.05) is 17.6 Å². The van der Waals surface area contributed by atoms with Crippen LogP contribution in [0.5, 0.6) is 0 Å². The average Bonchev–Trinajstić information content (AvgIpc) is 2.92. The molecule has 1 N–H and O–H groups in total. The molecule has 122 valence electrons. The summed E-state index contributed by atoms with van der Waals surface area (Å²) in [5.41, 5.74) is 3.51. The standard InChI is InChI=1S/C17H15FN4O2/c1-10-5-19-16(21-9-23)4-13(10)11-2-14(18)17-15(3-11)22(8-20-17)12-6-24-7-12/h2-5,8-9,12H,6-7H2,1H3,(H,19,21,23). The van der Waals surface area contributed by atoms with Crippen molar-refractivity contribution in [1.29, 1.82) is 0 Å². The third-order valence-electron chi connectivity index (χ3n) is 4.27. The smallest absolute Gasteiger partial charge is 0.212 e. The van der Waals surface area contributed by atoms with Crippen molar-refractivity contribution in [3.8, 4) is 11.1 Å². The molecule has 0 aliphatic carbocycles. The van der Waals surface area contributed by atoms with Gasteiger partial charge >= 0.3 is 0 Å². The summed E-state index contributed by atoms with van der Waals surface area (Å²) in [5, 5.41) is 2.52. The van der Waals surface area contributed by atoms with Crippen LogP contribution in [0.25, 0.3) is 22.2 Å². The summed E-state index contributed by atoms with van der Waals surface area (Å²) in [6.45, 7) is 3.12. The second kappa shape index (κ2) is 5.68. The van der Waals surface area contributed by atoms with Gasteiger partial charge in [-0.25, -0.2) is 14.4 Å². The first kappa shape index (κ1) is 14.8. The van der Waals surface area contributed by atoms with Crippen molar-refractivity contribution in [2.45, 2.75) is 13.0 Å². The van der Waals surface area contributed by atoms with Crippen molar-refractivity contribution in [1.82, 2.24) is 14.5 Å². The fourth-order valence-corrected chi connectivity index (χ4v) is 2.90. The molecule has 1 aromatic carbocycles. The van der Waals surface area contributed by atoms with Crippen molar-refractivity contribution in [3.63, 3.8) is 0 Å². The minimum Gasteiger partial charge on any atom is -0.377 e. The van der Waals surface area contributed by atoms with Crippen molar-refractivity contribution >= 4 is 23.3 Å². The maximum atomic E-state index is 14.5. The molecule has 1 aliphatic heterocycles. The molecule has 1 fully saturated rings. The largest absolute Gasteiger partial charge is 0.377 e. The summed E-state index contributed by atoms with van der Waals surface area (Å²) in [6.07, 6.45) is 3.88. The molecular formula is C17H15FN4O2. The highest BCUT2D eigenvalue weighted by atomic mass is 19.1. The van der Waals surface area contributed by atoms with E-state index in [4.69, 9.17) is 4.74 Å². The Kier molecular flexibility index (Phi) is 3.50. The molecule has 0 spiro atoms. The molecule has 0 radical (unpaired) electrons. The number of hydrogen-bond acceptors (Lipinski definition) is 4.